The van der Waals surface area contributed by atoms with Gasteiger partial charge >= 0.3 is 5.97 Å². The number of carboxylic acid groups (broad SMARTS) is 1. The number of aromatic carboxylic acids is 1. The van der Waals surface area contributed by atoms with Crippen LogP contribution in [-0.2, 0) is 17.5 Å². The smallest absolute Gasteiger partial charge is 0.358 e. The van der Waals surface area contributed by atoms with Crippen molar-refractivity contribution in [3.63, 3.8) is 0 Å². The minimum Gasteiger partial charge on any atom is -0.481 e. The monoisotopic (exact) mass is 629 g/mol. The van der Waals surface area contributed by atoms with Crippen molar-refractivity contribution in [1.82, 2.24) is 15.3 Å². The fourth-order valence-corrected chi connectivity index (χ4v) is 5.27. The van der Waals surface area contributed by atoms with Gasteiger partial charge in [0.2, 0.25) is 5.75 Å². The second-order valence-corrected chi connectivity index (χ2v) is 17.5. The van der Waals surface area contributed by atoms with Gasteiger partial charge < -0.3 is 24.6 Å². The molecule has 0 amide bonds. The first kappa shape index (κ1) is 35.4. The molecule has 8 nitrogen and oxygen atoms in total. The molecule has 1 aromatic heterocycles. The SMILES string of the molecule is CC(C)NCCO[Si](C)(C)C(C)(C)C.O=C(O)c1nc(Cc2ccccc2-c2ccccc2)[nH]c(=O)c1OCc1ccccc1. The van der Waals surface area contributed by atoms with Crippen molar-refractivity contribution in [2.24, 2.45) is 0 Å². The molecule has 9 heteroatoms. The summed E-state index contributed by atoms with van der Waals surface area (Å²) in [7, 11) is -1.52. The first-order valence-electron chi connectivity index (χ1n) is 15.3. The van der Waals surface area contributed by atoms with Gasteiger partial charge in [0, 0.05) is 25.6 Å². The standard InChI is InChI=1S/C25H20N2O4.C11H27NOSi/c28-24-23(31-16-17-9-3-1-4-10-17)22(25(29)30)26-21(27-24)15-19-13-7-8-14-20(19)18-11-5-2-6-12-18;1-10(2)12-8-9-13-14(6,7)11(3,4)5/h1-14H,15-16H2,(H,29,30)(H,26,27,28);10,12H,8-9H2,1-7H3. The summed E-state index contributed by atoms with van der Waals surface area (Å²) in [6, 6.07) is 27.4. The molecule has 0 atom stereocenters. The summed E-state index contributed by atoms with van der Waals surface area (Å²) in [5.74, 6) is -1.35. The highest BCUT2D eigenvalue weighted by molar-refractivity contribution is 6.74. The van der Waals surface area contributed by atoms with Crippen LogP contribution in [-0.4, -0.2) is 48.6 Å². The molecule has 0 unspecified atom stereocenters. The number of carboxylic acids is 1. The Kier molecular flexibility index (Phi) is 12.8. The summed E-state index contributed by atoms with van der Waals surface area (Å²) in [5.41, 5.74) is 2.75. The van der Waals surface area contributed by atoms with Crippen LogP contribution in [0.15, 0.2) is 89.7 Å². The van der Waals surface area contributed by atoms with Gasteiger partial charge in [-0.25, -0.2) is 9.78 Å². The number of carbonyl (C=O) groups is 1. The highest BCUT2D eigenvalue weighted by atomic mass is 28.4. The highest BCUT2D eigenvalue weighted by Gasteiger charge is 2.36. The third kappa shape index (κ3) is 10.8. The summed E-state index contributed by atoms with van der Waals surface area (Å²) < 4.78 is 11.5. The minimum atomic E-state index is -1.52. The van der Waals surface area contributed by atoms with Gasteiger partial charge in [0.15, 0.2) is 14.0 Å². The number of H-pyrrole nitrogens is 1. The highest BCUT2D eigenvalue weighted by Crippen LogP contribution is 2.36. The van der Waals surface area contributed by atoms with Crippen LogP contribution in [0.3, 0.4) is 0 Å². The zero-order chi connectivity index (χ0) is 33.0. The van der Waals surface area contributed by atoms with Crippen LogP contribution in [0.5, 0.6) is 5.75 Å². The predicted octanol–water partition coefficient (Wildman–Crippen LogP) is 7.31. The number of nitrogens with zero attached hydrogens (tertiary/aromatic N) is 1. The predicted molar refractivity (Wildman–Crippen MR) is 184 cm³/mol. The zero-order valence-corrected chi connectivity index (χ0v) is 28.5. The van der Waals surface area contributed by atoms with E-state index in [4.69, 9.17) is 9.16 Å². The molecule has 45 heavy (non-hydrogen) atoms. The number of hydrogen-bond donors (Lipinski definition) is 3. The molecule has 240 valence electrons. The van der Waals surface area contributed by atoms with Gasteiger partial charge in [0.25, 0.3) is 5.56 Å². The maximum absolute atomic E-state index is 12.6. The Morgan fingerprint density at radius 1 is 0.956 bits per heavy atom. The summed E-state index contributed by atoms with van der Waals surface area (Å²) in [6.45, 7) is 17.6. The lowest BCUT2D eigenvalue weighted by molar-refractivity contribution is 0.0683. The molecule has 0 aliphatic heterocycles. The van der Waals surface area contributed by atoms with Crippen molar-refractivity contribution in [1.29, 1.82) is 0 Å². The van der Waals surface area contributed by atoms with Crippen LogP contribution in [0.2, 0.25) is 18.1 Å². The van der Waals surface area contributed by atoms with Crippen molar-refractivity contribution >= 4 is 14.3 Å². The Hall–Kier alpha value is -4.05. The summed E-state index contributed by atoms with van der Waals surface area (Å²) in [5, 5.41) is 13.3. The fraction of sp³-hybridized carbons (Fsp3) is 0.361. The van der Waals surface area contributed by atoms with E-state index in [0.717, 1.165) is 35.4 Å². The number of rotatable bonds is 12. The van der Waals surface area contributed by atoms with Crippen LogP contribution in [0.4, 0.5) is 0 Å². The maximum atomic E-state index is 12.6. The largest absolute Gasteiger partial charge is 0.481 e. The van der Waals surface area contributed by atoms with Gasteiger partial charge in [-0.15, -0.1) is 0 Å². The second-order valence-electron chi connectivity index (χ2n) is 12.7. The molecule has 3 aromatic carbocycles. The number of ether oxygens (including phenoxy) is 1. The Morgan fingerprint density at radius 3 is 2.16 bits per heavy atom. The summed E-state index contributed by atoms with van der Waals surface area (Å²) in [6.07, 6.45) is 0.277. The molecular weight excluding hydrogens is 582 g/mol. The fourth-order valence-electron chi connectivity index (χ4n) is 4.23. The van der Waals surface area contributed by atoms with Gasteiger partial charge in [-0.05, 0) is 40.4 Å². The van der Waals surface area contributed by atoms with Gasteiger partial charge in [0.05, 0.1) is 0 Å². The molecule has 0 aliphatic rings. The summed E-state index contributed by atoms with van der Waals surface area (Å²) >= 11 is 0. The quantitative estimate of drug-likeness (QED) is 0.111. The van der Waals surface area contributed by atoms with Crippen LogP contribution in [0.25, 0.3) is 11.1 Å². The average molecular weight is 630 g/mol. The third-order valence-corrected chi connectivity index (χ3v) is 12.3. The third-order valence-electron chi connectivity index (χ3n) is 7.74. The zero-order valence-electron chi connectivity index (χ0n) is 27.5. The van der Waals surface area contributed by atoms with Crippen molar-refractivity contribution in [2.75, 3.05) is 13.2 Å². The number of nitrogens with one attached hydrogen (secondary N) is 2. The Balaban J connectivity index is 0.000000335. The van der Waals surface area contributed by atoms with Crippen LogP contribution >= 0.6 is 0 Å². The molecule has 4 rings (SSSR count). The van der Waals surface area contributed by atoms with Crippen molar-refractivity contribution < 1.29 is 19.1 Å². The van der Waals surface area contributed by atoms with Crippen molar-refractivity contribution in [3.8, 4) is 16.9 Å². The Labute approximate surface area is 268 Å². The van der Waals surface area contributed by atoms with Crippen molar-refractivity contribution in [2.45, 2.75) is 71.8 Å². The summed E-state index contributed by atoms with van der Waals surface area (Å²) in [4.78, 5) is 31.3. The number of benzene rings is 3. The maximum Gasteiger partial charge on any atom is 0.358 e. The molecule has 0 saturated carbocycles. The molecule has 4 aromatic rings. The Morgan fingerprint density at radius 2 is 1.56 bits per heavy atom. The molecule has 0 bridgehead atoms. The lowest BCUT2D eigenvalue weighted by Gasteiger charge is -2.36. The average Bonchev–Trinajstić information content (AvgIpc) is 2.99. The second kappa shape index (κ2) is 16.3. The first-order chi connectivity index (χ1) is 21.3. The van der Waals surface area contributed by atoms with Gasteiger partial charge in [-0.3, -0.25) is 4.79 Å². The molecule has 0 fully saturated rings. The van der Waals surface area contributed by atoms with E-state index in [1.165, 1.54) is 0 Å². The lowest BCUT2D eigenvalue weighted by Crippen LogP contribution is -2.42. The topological polar surface area (TPSA) is 114 Å². The van der Waals surface area contributed by atoms with E-state index in [1.54, 1.807) is 0 Å². The van der Waals surface area contributed by atoms with Crippen molar-refractivity contribution in [3.05, 3.63) is 118 Å². The molecule has 0 aliphatic carbocycles. The van der Waals surface area contributed by atoms with Crippen LogP contribution < -0.4 is 15.6 Å². The minimum absolute atomic E-state index is 0.0715. The van der Waals surface area contributed by atoms with Gasteiger partial charge in [-0.2, -0.15) is 0 Å². The molecule has 0 saturated heterocycles. The van der Waals surface area contributed by atoms with E-state index < -0.39 is 25.5 Å². The normalized spacial score (nSPS) is 11.6. The lowest BCUT2D eigenvalue weighted by atomic mass is 9.97. The van der Waals surface area contributed by atoms with Crippen LogP contribution in [0.1, 0.15) is 62.1 Å². The van der Waals surface area contributed by atoms with E-state index in [2.05, 4.69) is 63.0 Å². The Bertz CT molecular complexity index is 1570. The van der Waals surface area contributed by atoms with E-state index in [9.17, 15) is 14.7 Å². The number of aromatic nitrogens is 2. The van der Waals surface area contributed by atoms with E-state index >= 15 is 0 Å². The molecule has 0 spiro atoms. The number of aromatic amines is 1. The first-order valence-corrected chi connectivity index (χ1v) is 18.2. The van der Waals surface area contributed by atoms with E-state index in [1.807, 2.05) is 84.9 Å². The van der Waals surface area contributed by atoms with E-state index in [-0.39, 0.29) is 24.6 Å². The molecule has 0 radical (unpaired) electrons. The van der Waals surface area contributed by atoms with Crippen LogP contribution in [0, 0.1) is 0 Å². The molecular formula is C36H47N3O5Si. The van der Waals surface area contributed by atoms with Gasteiger partial charge in [0.1, 0.15) is 12.4 Å². The van der Waals surface area contributed by atoms with E-state index in [0.29, 0.717) is 11.1 Å². The number of hydrogen-bond acceptors (Lipinski definition) is 6. The molecule has 1 heterocycles. The van der Waals surface area contributed by atoms with Gasteiger partial charge in [-0.1, -0.05) is 120 Å². The molecule has 3 N–H and O–H groups in total.